The van der Waals surface area contributed by atoms with Crippen molar-refractivity contribution in [1.29, 1.82) is 0 Å². The highest BCUT2D eigenvalue weighted by molar-refractivity contribution is 6.00. The second-order valence-corrected chi connectivity index (χ2v) is 5.53. The van der Waals surface area contributed by atoms with Crippen molar-refractivity contribution in [3.05, 3.63) is 23.8 Å². The van der Waals surface area contributed by atoms with E-state index in [9.17, 15) is 14.7 Å². The van der Waals surface area contributed by atoms with Crippen molar-refractivity contribution in [3.8, 4) is 5.75 Å². The molecular weight excluding hydrogens is 260 g/mol. The second kappa shape index (κ2) is 5.03. The molecule has 0 unspecified atom stereocenters. The molecule has 0 aromatic heterocycles. The minimum Gasteiger partial charge on any atom is -0.508 e. The zero-order valence-electron chi connectivity index (χ0n) is 11.5. The van der Waals surface area contributed by atoms with Gasteiger partial charge in [0.25, 0.3) is 0 Å². The van der Waals surface area contributed by atoms with Crippen LogP contribution in [0.4, 0.5) is 10.5 Å². The van der Waals surface area contributed by atoms with Gasteiger partial charge >= 0.3 is 12.0 Å². The first-order valence-corrected chi connectivity index (χ1v) is 6.46. The molecule has 108 valence electrons. The number of carbonyl (C=O) groups excluding carboxylic acids is 1. The highest BCUT2D eigenvalue weighted by Gasteiger charge is 2.35. The SMILES string of the molecule is CC1(C)CCCN1C(=O)Nc1ccc(O)cc1C(=O)O. The third-order valence-electron chi connectivity index (χ3n) is 3.62. The Hall–Kier alpha value is -2.24. The molecule has 2 rings (SSSR count). The van der Waals surface area contributed by atoms with E-state index in [1.807, 2.05) is 13.8 Å². The summed E-state index contributed by atoms with van der Waals surface area (Å²) in [5, 5.41) is 21.0. The summed E-state index contributed by atoms with van der Waals surface area (Å²) < 4.78 is 0. The van der Waals surface area contributed by atoms with E-state index >= 15 is 0 Å². The molecule has 1 aliphatic rings. The smallest absolute Gasteiger partial charge is 0.337 e. The lowest BCUT2D eigenvalue weighted by Gasteiger charge is -2.31. The maximum atomic E-state index is 12.2. The lowest BCUT2D eigenvalue weighted by Crippen LogP contribution is -2.45. The molecule has 0 radical (unpaired) electrons. The van der Waals surface area contributed by atoms with Crippen LogP contribution in [0.25, 0.3) is 0 Å². The number of urea groups is 1. The van der Waals surface area contributed by atoms with E-state index in [1.165, 1.54) is 12.1 Å². The molecular formula is C14H18N2O4. The minimum atomic E-state index is -1.20. The number of phenols is 1. The summed E-state index contributed by atoms with van der Waals surface area (Å²) in [5.41, 5.74) is -0.178. The van der Waals surface area contributed by atoms with Gasteiger partial charge in [0.2, 0.25) is 0 Å². The average Bonchev–Trinajstić information content (AvgIpc) is 2.71. The van der Waals surface area contributed by atoms with Crippen molar-refractivity contribution in [1.82, 2.24) is 4.90 Å². The van der Waals surface area contributed by atoms with E-state index in [-0.39, 0.29) is 28.6 Å². The molecule has 1 aromatic rings. The Morgan fingerprint density at radius 1 is 1.35 bits per heavy atom. The molecule has 6 heteroatoms. The lowest BCUT2D eigenvalue weighted by atomic mass is 10.0. The number of carbonyl (C=O) groups is 2. The summed E-state index contributed by atoms with van der Waals surface area (Å²) in [6.07, 6.45) is 1.85. The molecule has 3 N–H and O–H groups in total. The molecule has 1 saturated heterocycles. The Morgan fingerprint density at radius 3 is 2.60 bits per heavy atom. The van der Waals surface area contributed by atoms with E-state index in [0.717, 1.165) is 18.9 Å². The maximum Gasteiger partial charge on any atom is 0.337 e. The number of hydrogen-bond donors (Lipinski definition) is 3. The Balaban J connectivity index is 2.22. The van der Waals surface area contributed by atoms with Crippen molar-refractivity contribution in [2.45, 2.75) is 32.2 Å². The summed E-state index contributed by atoms with van der Waals surface area (Å²) in [5.74, 6) is -1.35. The second-order valence-electron chi connectivity index (χ2n) is 5.53. The number of phenolic OH excluding ortho intramolecular Hbond substituents is 1. The van der Waals surface area contributed by atoms with E-state index in [0.29, 0.717) is 6.54 Å². The summed E-state index contributed by atoms with van der Waals surface area (Å²) in [6, 6.07) is 3.53. The van der Waals surface area contributed by atoms with Gasteiger partial charge in [-0.05, 0) is 44.9 Å². The molecule has 6 nitrogen and oxygen atoms in total. The van der Waals surface area contributed by atoms with Gasteiger partial charge in [0.05, 0.1) is 11.3 Å². The molecule has 0 saturated carbocycles. The van der Waals surface area contributed by atoms with Gasteiger partial charge in [-0.3, -0.25) is 0 Å². The zero-order valence-corrected chi connectivity index (χ0v) is 11.5. The van der Waals surface area contributed by atoms with Crippen molar-refractivity contribution < 1.29 is 19.8 Å². The number of aromatic carboxylic acids is 1. The topological polar surface area (TPSA) is 89.9 Å². The van der Waals surface area contributed by atoms with Crippen molar-refractivity contribution >= 4 is 17.7 Å². The van der Waals surface area contributed by atoms with E-state index in [1.54, 1.807) is 4.90 Å². The Labute approximate surface area is 117 Å². The standard InChI is InChI=1S/C14H18N2O4/c1-14(2)6-3-7-16(14)13(20)15-11-5-4-9(17)8-10(11)12(18)19/h4-5,8,17H,3,6-7H2,1-2H3,(H,15,20)(H,18,19). The normalized spacial score (nSPS) is 17.0. The van der Waals surface area contributed by atoms with Crippen LogP contribution in [-0.2, 0) is 0 Å². The van der Waals surface area contributed by atoms with Crippen LogP contribution < -0.4 is 5.32 Å². The Bertz CT molecular complexity index is 554. The predicted molar refractivity (Wildman–Crippen MR) is 74.1 cm³/mol. The number of benzene rings is 1. The van der Waals surface area contributed by atoms with Gasteiger partial charge in [0.15, 0.2) is 0 Å². The number of anilines is 1. The third-order valence-corrected chi connectivity index (χ3v) is 3.62. The number of likely N-dealkylation sites (tertiary alicyclic amines) is 1. The first kappa shape index (κ1) is 14.2. The van der Waals surface area contributed by atoms with Crippen molar-refractivity contribution in [2.24, 2.45) is 0 Å². The number of nitrogens with one attached hydrogen (secondary N) is 1. The van der Waals surface area contributed by atoms with Crippen LogP contribution in [0, 0.1) is 0 Å². The molecule has 1 heterocycles. The summed E-state index contributed by atoms with van der Waals surface area (Å²) in [6.45, 7) is 4.61. The molecule has 0 bridgehead atoms. The fourth-order valence-corrected chi connectivity index (χ4v) is 2.48. The minimum absolute atomic E-state index is 0.129. The highest BCUT2D eigenvalue weighted by Crippen LogP contribution is 2.29. The predicted octanol–water partition coefficient (Wildman–Crippen LogP) is 2.50. The lowest BCUT2D eigenvalue weighted by molar-refractivity contribution is 0.0697. The maximum absolute atomic E-state index is 12.2. The van der Waals surface area contributed by atoms with Crippen molar-refractivity contribution in [2.75, 3.05) is 11.9 Å². The van der Waals surface area contributed by atoms with Crippen LogP contribution in [0.2, 0.25) is 0 Å². The number of amides is 2. The molecule has 0 aliphatic carbocycles. The molecule has 0 atom stereocenters. The number of carboxylic acids is 1. The van der Waals surface area contributed by atoms with Crippen LogP contribution in [0.3, 0.4) is 0 Å². The highest BCUT2D eigenvalue weighted by atomic mass is 16.4. The van der Waals surface area contributed by atoms with E-state index < -0.39 is 5.97 Å². The summed E-state index contributed by atoms with van der Waals surface area (Å²) >= 11 is 0. The van der Waals surface area contributed by atoms with Gasteiger partial charge in [-0.15, -0.1) is 0 Å². The summed E-state index contributed by atoms with van der Waals surface area (Å²) in [7, 11) is 0. The van der Waals surface area contributed by atoms with Crippen molar-refractivity contribution in [3.63, 3.8) is 0 Å². The molecule has 1 aliphatic heterocycles. The van der Waals surface area contributed by atoms with Gasteiger partial charge in [-0.2, -0.15) is 0 Å². The molecule has 0 spiro atoms. The number of rotatable bonds is 2. The van der Waals surface area contributed by atoms with Crippen LogP contribution in [-0.4, -0.2) is 39.2 Å². The van der Waals surface area contributed by atoms with E-state index in [2.05, 4.69) is 5.32 Å². The first-order valence-electron chi connectivity index (χ1n) is 6.46. The van der Waals surface area contributed by atoms with Gasteiger partial charge in [-0.25, -0.2) is 9.59 Å². The first-order chi connectivity index (χ1) is 9.31. The Morgan fingerprint density at radius 2 is 2.05 bits per heavy atom. The molecule has 1 aromatic carbocycles. The fourth-order valence-electron chi connectivity index (χ4n) is 2.48. The Kier molecular flexibility index (Phi) is 3.57. The van der Waals surface area contributed by atoms with Gasteiger partial charge < -0.3 is 20.4 Å². The van der Waals surface area contributed by atoms with Gasteiger partial charge in [0, 0.05) is 12.1 Å². The van der Waals surface area contributed by atoms with Crippen LogP contribution in [0.5, 0.6) is 5.75 Å². The number of aromatic hydroxyl groups is 1. The zero-order chi connectivity index (χ0) is 14.9. The van der Waals surface area contributed by atoms with Crippen LogP contribution in [0.15, 0.2) is 18.2 Å². The van der Waals surface area contributed by atoms with Gasteiger partial charge in [0.1, 0.15) is 5.75 Å². The van der Waals surface area contributed by atoms with Gasteiger partial charge in [-0.1, -0.05) is 0 Å². The average molecular weight is 278 g/mol. The number of carboxylic acid groups (broad SMARTS) is 1. The largest absolute Gasteiger partial charge is 0.508 e. The number of nitrogens with zero attached hydrogens (tertiary/aromatic N) is 1. The molecule has 2 amide bonds. The third kappa shape index (κ3) is 2.68. The fraction of sp³-hybridized carbons (Fsp3) is 0.429. The summed E-state index contributed by atoms with van der Waals surface area (Å²) in [4.78, 5) is 25.1. The van der Waals surface area contributed by atoms with Crippen LogP contribution >= 0.6 is 0 Å². The molecule has 20 heavy (non-hydrogen) atoms. The molecule has 1 fully saturated rings. The monoisotopic (exact) mass is 278 g/mol. The van der Waals surface area contributed by atoms with E-state index in [4.69, 9.17) is 5.11 Å². The van der Waals surface area contributed by atoms with Crippen LogP contribution in [0.1, 0.15) is 37.0 Å². The number of hydrogen-bond acceptors (Lipinski definition) is 3. The quantitative estimate of drug-likeness (QED) is 0.725.